The van der Waals surface area contributed by atoms with Crippen molar-refractivity contribution >= 4 is 5.69 Å². The third-order valence-corrected chi connectivity index (χ3v) is 3.96. The van der Waals surface area contributed by atoms with Crippen LogP contribution in [0.5, 0.6) is 0 Å². The monoisotopic (exact) mass is 341 g/mol. The van der Waals surface area contributed by atoms with Gasteiger partial charge in [0.1, 0.15) is 0 Å². The van der Waals surface area contributed by atoms with Crippen LogP contribution in [0.15, 0.2) is 28.8 Å². The van der Waals surface area contributed by atoms with E-state index in [9.17, 15) is 13.2 Å². The van der Waals surface area contributed by atoms with Crippen LogP contribution in [0.25, 0.3) is 0 Å². The average molecular weight is 341 g/mol. The second-order valence-corrected chi connectivity index (χ2v) is 5.62. The maximum atomic E-state index is 12.8. The maximum absolute atomic E-state index is 12.8. The number of piperazine rings is 1. The highest BCUT2D eigenvalue weighted by Crippen LogP contribution is 2.31. The van der Waals surface area contributed by atoms with E-state index in [0.717, 1.165) is 6.07 Å². The molecule has 130 valence electrons. The Labute approximate surface area is 137 Å². The van der Waals surface area contributed by atoms with Crippen LogP contribution >= 0.6 is 0 Å². The van der Waals surface area contributed by atoms with E-state index in [1.54, 1.807) is 6.07 Å². The molecular weight excluding hydrogens is 323 g/mol. The van der Waals surface area contributed by atoms with Gasteiger partial charge in [0.05, 0.1) is 18.7 Å². The molecule has 0 atom stereocenters. The number of nitrogens with zero attached hydrogens (tertiary/aromatic N) is 4. The summed E-state index contributed by atoms with van der Waals surface area (Å²) >= 11 is 0. The molecule has 9 heteroatoms. The van der Waals surface area contributed by atoms with Gasteiger partial charge in [-0.25, -0.2) is 0 Å². The van der Waals surface area contributed by atoms with Gasteiger partial charge in [-0.15, -0.1) is 0 Å². The molecule has 1 aliphatic heterocycles. The summed E-state index contributed by atoms with van der Waals surface area (Å²) in [5.41, 5.74) is 5.40. The van der Waals surface area contributed by atoms with E-state index in [-0.39, 0.29) is 6.54 Å². The van der Waals surface area contributed by atoms with E-state index >= 15 is 0 Å². The molecule has 0 radical (unpaired) electrons. The number of benzene rings is 1. The number of aromatic nitrogens is 2. The lowest BCUT2D eigenvalue weighted by molar-refractivity contribution is -0.137. The molecule has 3 rings (SSSR count). The number of hydrogen-bond acceptors (Lipinski definition) is 6. The van der Waals surface area contributed by atoms with Gasteiger partial charge < -0.3 is 15.2 Å². The zero-order valence-corrected chi connectivity index (χ0v) is 13.0. The molecule has 1 aromatic carbocycles. The van der Waals surface area contributed by atoms with Crippen LogP contribution in [0, 0.1) is 0 Å². The topological polar surface area (TPSA) is 71.4 Å². The van der Waals surface area contributed by atoms with Gasteiger partial charge in [0, 0.05) is 31.9 Å². The molecule has 2 aromatic rings. The summed E-state index contributed by atoms with van der Waals surface area (Å²) in [4.78, 5) is 8.24. The van der Waals surface area contributed by atoms with Crippen LogP contribution in [0.4, 0.5) is 18.9 Å². The molecular formula is C15H18F3N5O. The van der Waals surface area contributed by atoms with Gasteiger partial charge >= 0.3 is 6.18 Å². The molecule has 0 saturated carbocycles. The van der Waals surface area contributed by atoms with Crippen molar-refractivity contribution in [2.24, 2.45) is 5.73 Å². The third kappa shape index (κ3) is 3.85. The smallest absolute Gasteiger partial charge is 0.369 e. The molecule has 2 N–H and O–H groups in total. The zero-order valence-electron chi connectivity index (χ0n) is 13.0. The van der Waals surface area contributed by atoms with E-state index in [4.69, 9.17) is 10.3 Å². The molecule has 1 saturated heterocycles. The summed E-state index contributed by atoms with van der Waals surface area (Å²) in [6, 6.07) is 5.43. The van der Waals surface area contributed by atoms with E-state index in [0.29, 0.717) is 50.1 Å². The fourth-order valence-corrected chi connectivity index (χ4v) is 2.68. The predicted molar refractivity (Wildman–Crippen MR) is 81.1 cm³/mol. The Morgan fingerprint density at radius 2 is 1.92 bits per heavy atom. The normalized spacial score (nSPS) is 16.6. The van der Waals surface area contributed by atoms with Crippen molar-refractivity contribution in [3.63, 3.8) is 0 Å². The number of anilines is 1. The quantitative estimate of drug-likeness (QED) is 0.915. The van der Waals surface area contributed by atoms with Crippen LogP contribution in [0.1, 0.15) is 17.3 Å². The van der Waals surface area contributed by atoms with Gasteiger partial charge in [0.2, 0.25) is 5.89 Å². The summed E-state index contributed by atoms with van der Waals surface area (Å²) in [6.45, 7) is 3.45. The maximum Gasteiger partial charge on any atom is 0.416 e. The lowest BCUT2D eigenvalue weighted by atomic mass is 10.1. The van der Waals surface area contributed by atoms with Crippen molar-refractivity contribution in [3.8, 4) is 0 Å². The molecule has 1 fully saturated rings. The molecule has 2 heterocycles. The van der Waals surface area contributed by atoms with Gasteiger partial charge in [-0.3, -0.25) is 4.90 Å². The molecule has 0 spiro atoms. The lowest BCUT2D eigenvalue weighted by Gasteiger charge is -2.35. The minimum absolute atomic E-state index is 0.205. The minimum Gasteiger partial charge on any atom is -0.369 e. The number of nitrogens with two attached hydrogens (primary N) is 1. The van der Waals surface area contributed by atoms with Crippen LogP contribution < -0.4 is 10.6 Å². The Bertz CT molecular complexity index is 680. The Kier molecular flexibility index (Phi) is 4.72. The number of halogens is 3. The average Bonchev–Trinajstić information content (AvgIpc) is 3.02. The van der Waals surface area contributed by atoms with Gasteiger partial charge in [-0.05, 0) is 18.2 Å². The lowest BCUT2D eigenvalue weighted by Crippen LogP contribution is -2.46. The fourth-order valence-electron chi connectivity index (χ4n) is 2.68. The second kappa shape index (κ2) is 6.78. The first-order chi connectivity index (χ1) is 11.5. The van der Waals surface area contributed by atoms with Crippen molar-refractivity contribution in [2.45, 2.75) is 19.3 Å². The van der Waals surface area contributed by atoms with E-state index < -0.39 is 11.7 Å². The summed E-state index contributed by atoms with van der Waals surface area (Å²) in [5.74, 6) is 0.968. The van der Waals surface area contributed by atoms with E-state index in [1.165, 1.54) is 12.1 Å². The minimum atomic E-state index is -4.32. The predicted octanol–water partition coefficient (Wildman–Crippen LogP) is 1.87. The fraction of sp³-hybridized carbons (Fsp3) is 0.467. The number of alkyl halides is 3. The van der Waals surface area contributed by atoms with Crippen LogP contribution in [-0.2, 0) is 19.3 Å². The number of hydrogen-bond donors (Lipinski definition) is 1. The SMILES string of the molecule is NCc1nc(CN2CCN(c3cccc(C(F)(F)F)c3)CC2)no1. The molecule has 0 unspecified atom stereocenters. The molecule has 0 bridgehead atoms. The van der Waals surface area contributed by atoms with Gasteiger partial charge in [0.15, 0.2) is 5.82 Å². The van der Waals surface area contributed by atoms with Crippen LogP contribution in [-0.4, -0.2) is 41.2 Å². The number of rotatable bonds is 4. The standard InChI is InChI=1S/C15H18F3N5O/c16-15(17,18)11-2-1-3-12(8-11)23-6-4-22(5-7-23)10-13-20-14(9-19)24-21-13/h1-3,8H,4-7,9-10,19H2. The Hall–Kier alpha value is -2.13. The Balaban J connectivity index is 1.59. The highest BCUT2D eigenvalue weighted by Gasteiger charge is 2.31. The van der Waals surface area contributed by atoms with Crippen molar-refractivity contribution in [3.05, 3.63) is 41.5 Å². The summed E-state index contributed by atoms with van der Waals surface area (Å²) in [5, 5.41) is 3.85. The van der Waals surface area contributed by atoms with Crippen LogP contribution in [0.3, 0.4) is 0 Å². The highest BCUT2D eigenvalue weighted by atomic mass is 19.4. The van der Waals surface area contributed by atoms with Crippen molar-refractivity contribution in [2.75, 3.05) is 31.1 Å². The van der Waals surface area contributed by atoms with Gasteiger partial charge in [0.25, 0.3) is 0 Å². The first-order valence-corrected chi connectivity index (χ1v) is 7.62. The van der Waals surface area contributed by atoms with Crippen LogP contribution in [0.2, 0.25) is 0 Å². The largest absolute Gasteiger partial charge is 0.416 e. The Morgan fingerprint density at radius 3 is 2.54 bits per heavy atom. The molecule has 0 amide bonds. The van der Waals surface area contributed by atoms with Crippen molar-refractivity contribution in [1.29, 1.82) is 0 Å². The highest BCUT2D eigenvalue weighted by molar-refractivity contribution is 5.49. The molecule has 0 aliphatic carbocycles. The van der Waals surface area contributed by atoms with Gasteiger partial charge in [-0.2, -0.15) is 18.2 Å². The summed E-state index contributed by atoms with van der Waals surface area (Å²) in [7, 11) is 0. The summed E-state index contributed by atoms with van der Waals surface area (Å²) in [6.07, 6.45) is -4.32. The van der Waals surface area contributed by atoms with Gasteiger partial charge in [-0.1, -0.05) is 11.2 Å². The molecule has 6 nitrogen and oxygen atoms in total. The molecule has 1 aliphatic rings. The first kappa shape index (κ1) is 16.7. The first-order valence-electron chi connectivity index (χ1n) is 7.62. The van der Waals surface area contributed by atoms with E-state index in [1.807, 2.05) is 4.90 Å². The van der Waals surface area contributed by atoms with E-state index in [2.05, 4.69) is 15.0 Å². The van der Waals surface area contributed by atoms with Crippen molar-refractivity contribution in [1.82, 2.24) is 15.0 Å². The summed E-state index contributed by atoms with van der Waals surface area (Å²) < 4.78 is 43.4. The second-order valence-electron chi connectivity index (χ2n) is 5.62. The molecule has 24 heavy (non-hydrogen) atoms. The van der Waals surface area contributed by atoms with Crippen molar-refractivity contribution < 1.29 is 17.7 Å². The zero-order chi connectivity index (χ0) is 17.2. The molecule has 1 aromatic heterocycles. The Morgan fingerprint density at radius 1 is 1.17 bits per heavy atom. The third-order valence-electron chi connectivity index (χ3n) is 3.96.